The van der Waals surface area contributed by atoms with Crippen molar-refractivity contribution >= 4 is 23.2 Å². The van der Waals surface area contributed by atoms with Crippen molar-refractivity contribution in [3.8, 4) is 22.6 Å². The van der Waals surface area contributed by atoms with Crippen LogP contribution in [0, 0.1) is 19.8 Å². The van der Waals surface area contributed by atoms with Crippen LogP contribution in [0.2, 0.25) is 0 Å². The predicted octanol–water partition coefficient (Wildman–Crippen LogP) is 10.6. The Balaban J connectivity index is 1.04. The van der Waals surface area contributed by atoms with Gasteiger partial charge >= 0.3 is 0 Å². The highest BCUT2D eigenvalue weighted by atomic mass is 16.5. The minimum atomic E-state index is 0.341. The van der Waals surface area contributed by atoms with Gasteiger partial charge in [-0.05, 0) is 123 Å². The second kappa shape index (κ2) is 12.0. The molecule has 3 aliphatic heterocycles. The second-order valence-electron chi connectivity index (χ2n) is 16.8. The SMILES string of the molecule is Cc1cc(C2CCCCC2)cc2c1B1C3=C(C=C(c4ccccc4)CC3Cc3cc(-c4ccc5c(c4)Oc4ccnc6c4C5CCC6)cc(C)c31)C2. The first-order chi connectivity index (χ1) is 25.6. The highest BCUT2D eigenvalue weighted by Gasteiger charge is 2.44. The molecule has 6 aliphatic rings. The van der Waals surface area contributed by atoms with Crippen molar-refractivity contribution in [2.75, 3.05) is 0 Å². The number of rotatable bonds is 3. The lowest BCUT2D eigenvalue weighted by molar-refractivity contribution is 0.425. The van der Waals surface area contributed by atoms with Crippen molar-refractivity contribution in [3.05, 3.63) is 152 Å². The molecule has 256 valence electrons. The summed E-state index contributed by atoms with van der Waals surface area (Å²) in [6.45, 7) is 5.15. The lowest BCUT2D eigenvalue weighted by atomic mass is 9.27. The third-order valence-electron chi connectivity index (χ3n) is 13.8. The van der Waals surface area contributed by atoms with Crippen LogP contribution >= 0.6 is 0 Å². The van der Waals surface area contributed by atoms with E-state index in [0.29, 0.717) is 18.5 Å². The van der Waals surface area contributed by atoms with Gasteiger partial charge < -0.3 is 4.74 Å². The highest BCUT2D eigenvalue weighted by molar-refractivity contribution is 6.93. The fourth-order valence-corrected chi connectivity index (χ4v) is 11.6. The van der Waals surface area contributed by atoms with Gasteiger partial charge in [-0.3, -0.25) is 4.98 Å². The molecule has 0 radical (unpaired) electrons. The number of ether oxygens (including phenoxy) is 1. The summed E-state index contributed by atoms with van der Waals surface area (Å²) in [5.41, 5.74) is 23.5. The fourth-order valence-electron chi connectivity index (χ4n) is 11.6. The second-order valence-corrected chi connectivity index (χ2v) is 16.8. The first-order valence-electron chi connectivity index (χ1n) is 20.1. The third kappa shape index (κ3) is 4.80. The monoisotopic (exact) mass is 675 g/mol. The van der Waals surface area contributed by atoms with E-state index in [1.165, 1.54) is 101 Å². The molecule has 0 bridgehead atoms. The highest BCUT2D eigenvalue weighted by Crippen LogP contribution is 2.51. The van der Waals surface area contributed by atoms with Crippen LogP contribution in [-0.4, -0.2) is 11.7 Å². The molecule has 52 heavy (non-hydrogen) atoms. The summed E-state index contributed by atoms with van der Waals surface area (Å²) in [6.07, 6.45) is 18.1. The van der Waals surface area contributed by atoms with Gasteiger partial charge in [-0.15, -0.1) is 0 Å². The Hall–Kier alpha value is -4.63. The van der Waals surface area contributed by atoms with E-state index < -0.39 is 0 Å². The zero-order valence-corrected chi connectivity index (χ0v) is 30.6. The van der Waals surface area contributed by atoms with E-state index in [-0.39, 0.29) is 0 Å². The maximum Gasteiger partial charge on any atom is 0.239 e. The maximum absolute atomic E-state index is 6.66. The Morgan fingerprint density at radius 2 is 1.54 bits per heavy atom. The Bertz CT molecular complexity index is 2360. The maximum atomic E-state index is 6.66. The molecule has 1 aromatic heterocycles. The number of benzene rings is 4. The molecule has 0 N–H and O–H groups in total. The number of hydrogen-bond acceptors (Lipinski definition) is 2. The zero-order valence-electron chi connectivity index (χ0n) is 30.6. The summed E-state index contributed by atoms with van der Waals surface area (Å²) in [5.74, 6) is 3.66. The van der Waals surface area contributed by atoms with E-state index in [2.05, 4.69) is 98.8 Å². The molecule has 1 fully saturated rings. The zero-order chi connectivity index (χ0) is 34.5. The van der Waals surface area contributed by atoms with Crippen molar-refractivity contribution in [2.45, 2.75) is 96.3 Å². The Labute approximate surface area is 309 Å². The molecule has 4 aromatic carbocycles. The van der Waals surface area contributed by atoms with Crippen molar-refractivity contribution < 1.29 is 4.74 Å². The van der Waals surface area contributed by atoms with E-state index in [0.717, 1.165) is 43.1 Å². The molecule has 0 spiro atoms. The third-order valence-corrected chi connectivity index (χ3v) is 13.8. The molecule has 2 unspecified atom stereocenters. The molecule has 5 aromatic rings. The number of aromatic nitrogens is 1. The molecule has 11 rings (SSSR count). The molecule has 2 atom stereocenters. The molecule has 0 amide bonds. The topological polar surface area (TPSA) is 22.1 Å². The first kappa shape index (κ1) is 31.0. The number of allylic oxidation sites excluding steroid dienone is 4. The smallest absolute Gasteiger partial charge is 0.239 e. The van der Waals surface area contributed by atoms with Gasteiger partial charge in [0.25, 0.3) is 0 Å². The van der Waals surface area contributed by atoms with Crippen molar-refractivity contribution in [3.63, 3.8) is 0 Å². The van der Waals surface area contributed by atoms with E-state index in [9.17, 15) is 0 Å². The molecule has 1 saturated carbocycles. The summed E-state index contributed by atoms with van der Waals surface area (Å²) in [7, 11) is 0. The van der Waals surface area contributed by atoms with Crippen LogP contribution < -0.4 is 15.7 Å². The van der Waals surface area contributed by atoms with Crippen molar-refractivity contribution in [2.24, 2.45) is 5.92 Å². The van der Waals surface area contributed by atoms with E-state index in [1.54, 1.807) is 33.1 Å². The molecule has 0 saturated heterocycles. The van der Waals surface area contributed by atoms with Crippen LogP contribution in [0.25, 0.3) is 16.7 Å². The van der Waals surface area contributed by atoms with Crippen LogP contribution in [0.4, 0.5) is 0 Å². The fraction of sp³-hybridized carbons (Fsp3) is 0.327. The normalized spacial score (nSPS) is 21.3. The van der Waals surface area contributed by atoms with Crippen LogP contribution in [0.5, 0.6) is 11.5 Å². The quantitative estimate of drug-likeness (QED) is 0.178. The van der Waals surface area contributed by atoms with Crippen molar-refractivity contribution in [1.82, 2.24) is 4.98 Å². The van der Waals surface area contributed by atoms with Crippen molar-refractivity contribution in [1.29, 1.82) is 0 Å². The number of aryl methyl sites for hydroxylation is 3. The number of hydrogen-bond donors (Lipinski definition) is 0. The van der Waals surface area contributed by atoms with Crippen LogP contribution in [0.1, 0.15) is 113 Å². The summed E-state index contributed by atoms with van der Waals surface area (Å²) in [5, 5.41) is 0. The molecular formula is C49H46BNO. The van der Waals surface area contributed by atoms with E-state index >= 15 is 0 Å². The minimum absolute atomic E-state index is 0.341. The van der Waals surface area contributed by atoms with Crippen LogP contribution in [0.15, 0.2) is 102 Å². The Kier molecular flexibility index (Phi) is 7.11. The molecule has 3 aliphatic carbocycles. The van der Waals surface area contributed by atoms with Gasteiger partial charge in [0, 0.05) is 28.9 Å². The van der Waals surface area contributed by atoms with Crippen LogP contribution in [0.3, 0.4) is 0 Å². The van der Waals surface area contributed by atoms with Crippen LogP contribution in [-0.2, 0) is 19.3 Å². The van der Waals surface area contributed by atoms with Gasteiger partial charge in [0.05, 0.1) is 0 Å². The average Bonchev–Trinajstić information content (AvgIpc) is 3.18. The number of pyridine rings is 1. The Morgan fingerprint density at radius 1 is 0.692 bits per heavy atom. The van der Waals surface area contributed by atoms with Gasteiger partial charge in [-0.25, -0.2) is 0 Å². The molecule has 2 nitrogen and oxygen atoms in total. The lowest BCUT2D eigenvalue weighted by Crippen LogP contribution is -2.57. The summed E-state index contributed by atoms with van der Waals surface area (Å²) < 4.78 is 6.66. The summed E-state index contributed by atoms with van der Waals surface area (Å²) >= 11 is 0. The van der Waals surface area contributed by atoms with E-state index in [4.69, 9.17) is 9.72 Å². The predicted molar refractivity (Wildman–Crippen MR) is 215 cm³/mol. The summed E-state index contributed by atoms with van der Waals surface area (Å²) in [4.78, 5) is 4.73. The number of nitrogens with zero attached hydrogens (tertiary/aromatic N) is 1. The standard InChI is InChI=1S/C49H46BNO/c1-29-20-34(31-10-5-3-6-11-31)22-37-26-39-24-36(32-12-7-4-8-13-32)25-40-27-38-23-35(21-30(2)48(38)50(47(29)37)49(39)40)33-16-17-41-42-14-9-15-43-46(42)44(18-19-51-43)52-45(41)28-33/h4,7-8,12-13,16-24,28,31,40,42H,3,5-6,9-11,14-15,25-27H2,1-2H3. The van der Waals surface area contributed by atoms with Gasteiger partial charge in [0.15, 0.2) is 0 Å². The minimum Gasteiger partial charge on any atom is -0.457 e. The Morgan fingerprint density at radius 3 is 2.42 bits per heavy atom. The number of fused-ring (bicyclic) bond motifs is 6. The molecular weight excluding hydrogens is 629 g/mol. The molecule has 3 heteroatoms. The average molecular weight is 676 g/mol. The van der Waals surface area contributed by atoms with Gasteiger partial charge in [-0.1, -0.05) is 131 Å². The van der Waals surface area contributed by atoms with E-state index in [1.807, 2.05) is 6.20 Å². The lowest BCUT2D eigenvalue weighted by Gasteiger charge is -2.43. The molecule has 4 heterocycles. The van der Waals surface area contributed by atoms with Gasteiger partial charge in [-0.2, -0.15) is 0 Å². The largest absolute Gasteiger partial charge is 0.457 e. The summed E-state index contributed by atoms with van der Waals surface area (Å²) in [6, 6.07) is 30.6. The van der Waals surface area contributed by atoms with Gasteiger partial charge in [0.2, 0.25) is 6.71 Å². The first-order valence-corrected chi connectivity index (χ1v) is 20.1. The van der Waals surface area contributed by atoms with Gasteiger partial charge in [0.1, 0.15) is 11.5 Å².